The molecular formula is C12H12ClF3N2O2S. The molecule has 9 heteroatoms. The average molecular weight is 341 g/mol. The highest BCUT2D eigenvalue weighted by molar-refractivity contribution is 7.89. The summed E-state index contributed by atoms with van der Waals surface area (Å²) in [4.78, 5) is -0.444. The van der Waals surface area contributed by atoms with E-state index in [0.29, 0.717) is 4.31 Å². The van der Waals surface area contributed by atoms with Crippen LogP contribution >= 0.6 is 11.6 Å². The van der Waals surface area contributed by atoms with Crippen molar-refractivity contribution in [2.75, 3.05) is 13.1 Å². The van der Waals surface area contributed by atoms with Crippen molar-refractivity contribution >= 4 is 21.6 Å². The van der Waals surface area contributed by atoms with Gasteiger partial charge in [-0.15, -0.1) is 0 Å². The highest BCUT2D eigenvalue weighted by Crippen LogP contribution is 2.28. The summed E-state index contributed by atoms with van der Waals surface area (Å²) in [6.45, 7) is -0.295. The number of nitriles is 1. The minimum atomic E-state index is -4.65. The summed E-state index contributed by atoms with van der Waals surface area (Å²) in [5.41, 5.74) is 0.122. The van der Waals surface area contributed by atoms with Crippen LogP contribution in [0.4, 0.5) is 13.2 Å². The second kappa shape index (κ2) is 6.64. The molecule has 1 rings (SSSR count). The van der Waals surface area contributed by atoms with E-state index in [0.717, 1.165) is 12.1 Å². The Hall–Kier alpha value is -1.30. The maximum Gasteiger partial charge on any atom is 0.402 e. The van der Waals surface area contributed by atoms with Crippen molar-refractivity contribution in [3.8, 4) is 6.07 Å². The number of hydrogen-bond acceptors (Lipinski definition) is 3. The van der Waals surface area contributed by atoms with Crippen LogP contribution in [0.25, 0.3) is 0 Å². The van der Waals surface area contributed by atoms with Gasteiger partial charge in [0.2, 0.25) is 10.0 Å². The minimum absolute atomic E-state index is 0.122. The third-order valence-corrected chi connectivity index (χ3v) is 4.84. The molecule has 1 aromatic rings. The molecule has 116 valence electrons. The lowest BCUT2D eigenvalue weighted by atomic mass is 10.2. The van der Waals surface area contributed by atoms with Gasteiger partial charge >= 0.3 is 6.18 Å². The van der Waals surface area contributed by atoms with E-state index in [4.69, 9.17) is 16.9 Å². The van der Waals surface area contributed by atoms with Gasteiger partial charge in [-0.1, -0.05) is 18.5 Å². The fourth-order valence-corrected chi connectivity index (χ4v) is 3.69. The van der Waals surface area contributed by atoms with Gasteiger partial charge in [0.25, 0.3) is 0 Å². The Labute approximate surface area is 125 Å². The number of benzene rings is 1. The zero-order chi connectivity index (χ0) is 16.3. The van der Waals surface area contributed by atoms with E-state index in [-0.39, 0.29) is 23.6 Å². The van der Waals surface area contributed by atoms with Crippen LogP contribution in [-0.2, 0) is 10.0 Å². The van der Waals surface area contributed by atoms with Crippen molar-refractivity contribution in [2.45, 2.75) is 24.4 Å². The van der Waals surface area contributed by atoms with Crippen LogP contribution in [0.3, 0.4) is 0 Å². The number of rotatable bonds is 5. The molecule has 0 aliphatic heterocycles. The first-order valence-corrected chi connectivity index (χ1v) is 7.70. The smallest absolute Gasteiger partial charge is 0.207 e. The van der Waals surface area contributed by atoms with Crippen LogP contribution < -0.4 is 0 Å². The molecule has 0 bridgehead atoms. The maximum atomic E-state index is 12.5. The molecule has 0 aromatic heterocycles. The zero-order valence-electron chi connectivity index (χ0n) is 11.0. The lowest BCUT2D eigenvalue weighted by molar-refractivity contribution is -0.136. The third-order valence-electron chi connectivity index (χ3n) is 2.51. The van der Waals surface area contributed by atoms with Crippen LogP contribution in [0.5, 0.6) is 0 Å². The minimum Gasteiger partial charge on any atom is -0.207 e. The number of halogens is 4. The van der Waals surface area contributed by atoms with Gasteiger partial charge in [0.15, 0.2) is 0 Å². The van der Waals surface area contributed by atoms with Gasteiger partial charge in [-0.25, -0.2) is 8.42 Å². The van der Waals surface area contributed by atoms with Crippen molar-refractivity contribution < 1.29 is 21.6 Å². The largest absolute Gasteiger partial charge is 0.402 e. The van der Waals surface area contributed by atoms with Gasteiger partial charge in [-0.2, -0.15) is 22.7 Å². The van der Waals surface area contributed by atoms with Gasteiger partial charge in [-0.05, 0) is 24.6 Å². The van der Waals surface area contributed by atoms with Crippen LogP contribution in [0, 0.1) is 11.3 Å². The second-order valence-electron chi connectivity index (χ2n) is 4.21. The normalized spacial score (nSPS) is 12.4. The Balaban J connectivity index is 3.26. The molecular weight excluding hydrogens is 329 g/mol. The molecule has 0 heterocycles. The monoisotopic (exact) mass is 340 g/mol. The predicted molar refractivity (Wildman–Crippen MR) is 71.3 cm³/mol. The first kappa shape index (κ1) is 17.8. The fraction of sp³-hybridized carbons (Fsp3) is 0.417. The van der Waals surface area contributed by atoms with Crippen molar-refractivity contribution in [3.63, 3.8) is 0 Å². The summed E-state index contributed by atoms with van der Waals surface area (Å²) < 4.78 is 62.4. The predicted octanol–water partition coefficient (Wildman–Crippen LogP) is 3.17. The molecule has 21 heavy (non-hydrogen) atoms. The topological polar surface area (TPSA) is 61.2 Å². The maximum absolute atomic E-state index is 12.5. The molecule has 0 saturated carbocycles. The quantitative estimate of drug-likeness (QED) is 0.827. The molecule has 1 aromatic carbocycles. The van der Waals surface area contributed by atoms with Gasteiger partial charge in [0, 0.05) is 6.54 Å². The summed E-state index contributed by atoms with van der Waals surface area (Å²) in [7, 11) is -4.38. The summed E-state index contributed by atoms with van der Waals surface area (Å²) in [5.74, 6) is 0. The molecule has 4 nitrogen and oxygen atoms in total. The summed E-state index contributed by atoms with van der Waals surface area (Å²) in [6, 6.07) is 5.10. The molecule has 0 fully saturated rings. The molecule has 0 atom stereocenters. The fourth-order valence-electron chi connectivity index (χ4n) is 1.65. The highest BCUT2D eigenvalue weighted by Gasteiger charge is 2.37. The van der Waals surface area contributed by atoms with Gasteiger partial charge in [-0.3, -0.25) is 0 Å². The lowest BCUT2D eigenvalue weighted by Gasteiger charge is -2.23. The Kier molecular flexibility index (Phi) is 5.61. The van der Waals surface area contributed by atoms with E-state index in [9.17, 15) is 21.6 Å². The third kappa shape index (κ3) is 4.59. The van der Waals surface area contributed by atoms with Gasteiger partial charge in [0.1, 0.15) is 11.4 Å². The Morgan fingerprint density at radius 2 is 2.00 bits per heavy atom. The van der Waals surface area contributed by atoms with E-state index >= 15 is 0 Å². The number of alkyl halides is 3. The van der Waals surface area contributed by atoms with E-state index < -0.39 is 27.6 Å². The highest BCUT2D eigenvalue weighted by atomic mass is 35.5. The van der Waals surface area contributed by atoms with Gasteiger partial charge in [0.05, 0.1) is 16.7 Å². The average Bonchev–Trinajstić information content (AvgIpc) is 2.36. The van der Waals surface area contributed by atoms with E-state index in [1.165, 1.54) is 6.07 Å². The van der Waals surface area contributed by atoms with Crippen molar-refractivity contribution in [1.82, 2.24) is 4.31 Å². The Morgan fingerprint density at radius 1 is 1.38 bits per heavy atom. The molecule has 0 aliphatic carbocycles. The Bertz CT molecular complexity index is 653. The SMILES string of the molecule is CCCN(CC(F)(F)F)S(=O)(=O)c1ccc(C#N)cc1Cl. The molecule has 0 aliphatic rings. The first-order chi connectivity index (χ1) is 9.61. The molecule has 0 radical (unpaired) electrons. The number of hydrogen-bond donors (Lipinski definition) is 0. The van der Waals surface area contributed by atoms with Crippen LogP contribution in [0.1, 0.15) is 18.9 Å². The molecule has 0 unspecified atom stereocenters. The number of sulfonamides is 1. The van der Waals surface area contributed by atoms with E-state index in [2.05, 4.69) is 0 Å². The van der Waals surface area contributed by atoms with Crippen molar-refractivity contribution in [2.24, 2.45) is 0 Å². The second-order valence-corrected chi connectivity index (χ2v) is 6.52. The van der Waals surface area contributed by atoms with Crippen LogP contribution in [0.15, 0.2) is 23.1 Å². The van der Waals surface area contributed by atoms with Gasteiger partial charge < -0.3 is 0 Å². The molecule has 0 spiro atoms. The zero-order valence-corrected chi connectivity index (χ0v) is 12.6. The van der Waals surface area contributed by atoms with E-state index in [1.807, 2.05) is 0 Å². The Morgan fingerprint density at radius 3 is 2.43 bits per heavy atom. The number of nitrogens with zero attached hydrogens (tertiary/aromatic N) is 2. The molecule has 0 N–H and O–H groups in total. The lowest BCUT2D eigenvalue weighted by Crippen LogP contribution is -2.39. The van der Waals surface area contributed by atoms with E-state index in [1.54, 1.807) is 13.0 Å². The van der Waals surface area contributed by atoms with Crippen LogP contribution in [0.2, 0.25) is 5.02 Å². The summed E-state index contributed by atoms with van der Waals surface area (Å²) in [5, 5.41) is 8.40. The first-order valence-electron chi connectivity index (χ1n) is 5.88. The standard InChI is InChI=1S/C12H12ClF3N2O2S/c1-2-5-18(8-12(14,15)16)21(19,20)11-4-3-9(7-17)6-10(11)13/h3-4,6H,2,5,8H2,1H3. The summed E-state index contributed by atoms with van der Waals surface area (Å²) in [6.07, 6.45) is -4.43. The van der Waals surface area contributed by atoms with Crippen molar-refractivity contribution in [3.05, 3.63) is 28.8 Å². The van der Waals surface area contributed by atoms with Crippen molar-refractivity contribution in [1.29, 1.82) is 5.26 Å². The van der Waals surface area contributed by atoms with Crippen LogP contribution in [-0.4, -0.2) is 32.0 Å². The summed E-state index contributed by atoms with van der Waals surface area (Å²) >= 11 is 5.77. The molecule has 0 saturated heterocycles. The molecule has 0 amide bonds.